The molecule has 0 radical (unpaired) electrons. The maximum Gasteiger partial charge on any atom is 0.424 e. The lowest BCUT2D eigenvalue weighted by Crippen LogP contribution is -2.50. The third kappa shape index (κ3) is 7.70. The zero-order valence-corrected chi connectivity index (χ0v) is 22.7. The summed E-state index contributed by atoms with van der Waals surface area (Å²) in [4.78, 5) is 14.4. The maximum absolute atomic E-state index is 13.6. The molecule has 1 heterocycles. The molecule has 11 heteroatoms. The van der Waals surface area contributed by atoms with Crippen molar-refractivity contribution >= 4 is 6.41 Å². The number of alkyl halides is 3. The average molecular weight is 564 g/mol. The van der Waals surface area contributed by atoms with Crippen LogP contribution in [0.4, 0.5) is 17.6 Å². The van der Waals surface area contributed by atoms with Crippen LogP contribution in [0.25, 0.3) is 11.3 Å². The monoisotopic (exact) mass is 563 g/mol. The molecule has 0 aliphatic heterocycles. The van der Waals surface area contributed by atoms with Gasteiger partial charge in [0.15, 0.2) is 11.5 Å². The number of rotatable bonds is 9. The van der Waals surface area contributed by atoms with Gasteiger partial charge in [0.1, 0.15) is 5.82 Å². The van der Waals surface area contributed by atoms with Gasteiger partial charge in [-0.1, -0.05) is 6.07 Å². The summed E-state index contributed by atoms with van der Waals surface area (Å²) in [5.41, 5.74) is 2.73. The number of halogens is 4. The fraction of sp³-hybridized carbons (Fsp3) is 0.379. The molecule has 216 valence electrons. The summed E-state index contributed by atoms with van der Waals surface area (Å²) >= 11 is 0. The van der Waals surface area contributed by atoms with E-state index >= 15 is 0 Å². The number of aromatic nitrogens is 1. The van der Waals surface area contributed by atoms with E-state index < -0.39 is 35.4 Å². The Balaban J connectivity index is 0.000000281. The van der Waals surface area contributed by atoms with Crippen LogP contribution in [0, 0.1) is 12.7 Å². The first-order chi connectivity index (χ1) is 18.7. The van der Waals surface area contributed by atoms with Crippen LogP contribution in [0.1, 0.15) is 43.5 Å². The van der Waals surface area contributed by atoms with Gasteiger partial charge < -0.3 is 25.6 Å². The number of nitrogens with zero attached hydrogens (tertiary/aromatic N) is 1. The molecule has 1 unspecified atom stereocenters. The van der Waals surface area contributed by atoms with E-state index in [0.29, 0.717) is 11.7 Å². The molecule has 2 aromatic carbocycles. The van der Waals surface area contributed by atoms with E-state index in [0.717, 1.165) is 29.7 Å². The number of pyridine rings is 1. The summed E-state index contributed by atoms with van der Waals surface area (Å²) in [5.74, 6) is 1.19. The molecule has 4 N–H and O–H groups in total. The number of nitrogens with two attached hydrogens (primary N) is 1. The van der Waals surface area contributed by atoms with Crippen molar-refractivity contribution in [2.45, 2.75) is 57.0 Å². The lowest BCUT2D eigenvalue weighted by molar-refractivity contribution is -0.265. The van der Waals surface area contributed by atoms with Crippen molar-refractivity contribution in [2.75, 3.05) is 13.7 Å². The van der Waals surface area contributed by atoms with Crippen molar-refractivity contribution in [1.29, 1.82) is 0 Å². The van der Waals surface area contributed by atoms with Crippen molar-refractivity contribution in [2.24, 2.45) is 5.73 Å². The van der Waals surface area contributed by atoms with Gasteiger partial charge in [0.25, 0.3) is 0 Å². The number of ether oxygens (including phenoxy) is 2. The van der Waals surface area contributed by atoms with Crippen LogP contribution < -0.4 is 20.5 Å². The number of carbonyl (C=O) groups is 1. The van der Waals surface area contributed by atoms with Gasteiger partial charge in [-0.15, -0.1) is 0 Å². The van der Waals surface area contributed by atoms with E-state index in [4.69, 9.17) is 15.2 Å². The number of aliphatic hydroxyl groups is 1. The zero-order chi connectivity index (χ0) is 29.7. The number of hydrogen-bond acceptors (Lipinski definition) is 6. The van der Waals surface area contributed by atoms with Gasteiger partial charge in [-0.3, -0.25) is 4.79 Å². The Kier molecular flexibility index (Phi) is 9.42. The first kappa shape index (κ1) is 30.8. The van der Waals surface area contributed by atoms with E-state index in [1.807, 2.05) is 30.4 Å². The second-order valence-corrected chi connectivity index (χ2v) is 10.2. The van der Waals surface area contributed by atoms with Crippen molar-refractivity contribution in [3.8, 4) is 22.8 Å². The predicted octanol–water partition coefficient (Wildman–Crippen LogP) is 5.12. The second-order valence-electron chi connectivity index (χ2n) is 10.2. The molecule has 0 spiro atoms. The van der Waals surface area contributed by atoms with Crippen LogP contribution in [0.5, 0.6) is 11.5 Å². The lowest BCUT2D eigenvalue weighted by Gasteiger charge is -2.31. The molecule has 40 heavy (non-hydrogen) atoms. The molecule has 1 saturated carbocycles. The Hall–Kier alpha value is -3.70. The van der Waals surface area contributed by atoms with Gasteiger partial charge in [0.05, 0.1) is 31.1 Å². The molecule has 3 aromatic rings. The van der Waals surface area contributed by atoms with E-state index in [2.05, 4.69) is 4.98 Å². The zero-order valence-electron chi connectivity index (χ0n) is 22.7. The molecule has 7 nitrogen and oxygen atoms in total. The third-order valence-corrected chi connectivity index (χ3v) is 6.18. The topological polar surface area (TPSA) is 107 Å². The molecule has 1 fully saturated rings. The molecule has 0 bridgehead atoms. The first-order valence-corrected chi connectivity index (χ1v) is 12.5. The van der Waals surface area contributed by atoms with Gasteiger partial charge in [-0.05, 0) is 93.3 Å². The number of amides is 1. The molecular formula is C29H33F4N3O4. The highest BCUT2D eigenvalue weighted by Crippen LogP contribution is 2.40. The molecule has 1 amide bonds. The Morgan fingerprint density at radius 3 is 2.25 bits per heavy atom. The van der Waals surface area contributed by atoms with E-state index in [1.165, 1.54) is 36.6 Å². The molecule has 1 atom stereocenters. The van der Waals surface area contributed by atoms with Gasteiger partial charge >= 0.3 is 6.18 Å². The number of hydrogen-bond donors (Lipinski definition) is 3. The summed E-state index contributed by atoms with van der Waals surface area (Å²) in [7, 11) is 1.68. The fourth-order valence-electron chi connectivity index (χ4n) is 3.65. The maximum atomic E-state index is 13.6. The van der Waals surface area contributed by atoms with Crippen molar-refractivity contribution in [3.63, 3.8) is 0 Å². The van der Waals surface area contributed by atoms with Crippen molar-refractivity contribution < 1.29 is 36.9 Å². The van der Waals surface area contributed by atoms with Crippen molar-refractivity contribution in [1.82, 2.24) is 10.3 Å². The number of benzene rings is 2. The summed E-state index contributed by atoms with van der Waals surface area (Å²) in [5, 5.41) is 12.2. The van der Waals surface area contributed by atoms with Gasteiger partial charge in [0.2, 0.25) is 12.0 Å². The molecule has 4 rings (SSSR count). The molecule has 1 aromatic heterocycles. The standard InChI is InChI=1S/C18H19F4N3O2.C11H14O2/c1-16(2,23)12-7-14(11-3-5-13(19)6-4-11)25-15(8-12)17(27,9-24-10-26)18(20,21)22;1-8-3-6-10(11(7-8)12-2)13-9-4-5-9/h3-8,10,27H,9,23H2,1-2H3,(H,24,26);3,6-7,9H,4-5H2,1-2H3. The largest absolute Gasteiger partial charge is 0.493 e. The molecule has 1 aliphatic rings. The first-order valence-electron chi connectivity index (χ1n) is 12.5. The summed E-state index contributed by atoms with van der Waals surface area (Å²) < 4.78 is 64.9. The minimum atomic E-state index is -5.12. The van der Waals surface area contributed by atoms with E-state index in [1.54, 1.807) is 21.0 Å². The summed E-state index contributed by atoms with van der Waals surface area (Å²) in [6.45, 7) is 4.08. The van der Waals surface area contributed by atoms with Crippen LogP contribution in [-0.2, 0) is 15.9 Å². The minimum Gasteiger partial charge on any atom is -0.493 e. The molecule has 0 saturated heterocycles. The summed E-state index contributed by atoms with van der Waals surface area (Å²) in [6.07, 6.45) is -2.29. The highest BCUT2D eigenvalue weighted by molar-refractivity contribution is 5.61. The predicted molar refractivity (Wildman–Crippen MR) is 142 cm³/mol. The van der Waals surface area contributed by atoms with Gasteiger partial charge in [-0.25, -0.2) is 9.37 Å². The minimum absolute atomic E-state index is 0.0499. The average Bonchev–Trinajstić information content (AvgIpc) is 3.72. The Morgan fingerprint density at radius 1 is 1.07 bits per heavy atom. The van der Waals surface area contributed by atoms with E-state index in [-0.39, 0.29) is 17.7 Å². The summed E-state index contributed by atoms with van der Waals surface area (Å²) in [6, 6.07) is 13.5. The fourth-order valence-corrected chi connectivity index (χ4v) is 3.65. The van der Waals surface area contributed by atoms with Crippen LogP contribution in [0.15, 0.2) is 54.6 Å². The van der Waals surface area contributed by atoms with Gasteiger partial charge in [-0.2, -0.15) is 13.2 Å². The molecule has 1 aliphatic carbocycles. The number of methoxy groups -OCH3 is 1. The Labute approximate surface area is 230 Å². The third-order valence-electron chi connectivity index (χ3n) is 6.18. The van der Waals surface area contributed by atoms with Crippen LogP contribution in [0.3, 0.4) is 0 Å². The normalized spacial score (nSPS) is 14.8. The smallest absolute Gasteiger partial charge is 0.424 e. The number of carbonyl (C=O) groups excluding carboxylic acids is 1. The Morgan fingerprint density at radius 2 is 1.73 bits per heavy atom. The highest BCUT2D eigenvalue weighted by Gasteiger charge is 2.56. The van der Waals surface area contributed by atoms with Gasteiger partial charge in [0, 0.05) is 11.1 Å². The van der Waals surface area contributed by atoms with E-state index in [9.17, 15) is 27.5 Å². The van der Waals surface area contributed by atoms with Crippen LogP contribution >= 0.6 is 0 Å². The second kappa shape index (κ2) is 12.2. The van der Waals surface area contributed by atoms with Crippen LogP contribution in [-0.4, -0.2) is 42.4 Å². The number of aryl methyl sites for hydroxylation is 1. The lowest BCUT2D eigenvalue weighted by atomic mass is 9.89. The van der Waals surface area contributed by atoms with Crippen LogP contribution in [0.2, 0.25) is 0 Å². The van der Waals surface area contributed by atoms with Crippen molar-refractivity contribution in [3.05, 3.63) is 77.2 Å². The quantitative estimate of drug-likeness (QED) is 0.247. The highest BCUT2D eigenvalue weighted by atomic mass is 19.4. The molecular weight excluding hydrogens is 530 g/mol. The number of nitrogens with one attached hydrogen (secondary N) is 1. The Bertz CT molecular complexity index is 1310. The SMILES string of the molecule is CC(C)(N)c1cc(-c2ccc(F)cc2)nc(C(O)(CNC=O)C(F)(F)F)c1.COc1cc(C)ccc1OC1CC1.